The van der Waals surface area contributed by atoms with Gasteiger partial charge in [-0.15, -0.1) is 0 Å². The zero-order chi connectivity index (χ0) is 20.3. The van der Waals surface area contributed by atoms with E-state index in [2.05, 4.69) is 47.8 Å². The van der Waals surface area contributed by atoms with Crippen molar-refractivity contribution in [2.24, 2.45) is 0 Å². The Morgan fingerprint density at radius 2 is 1.68 bits per heavy atom. The van der Waals surface area contributed by atoms with E-state index in [1.165, 1.54) is 5.56 Å². The molecule has 1 aromatic heterocycles. The van der Waals surface area contributed by atoms with Crippen LogP contribution in [-0.4, -0.2) is 53.6 Å². The Hall–Kier alpha value is -2.63. The van der Waals surface area contributed by atoms with Crippen molar-refractivity contribution in [3.05, 3.63) is 47.4 Å². The van der Waals surface area contributed by atoms with Gasteiger partial charge in [-0.3, -0.25) is 4.79 Å². The molecule has 2 heterocycles. The van der Waals surface area contributed by atoms with Crippen LogP contribution in [0.2, 0.25) is 0 Å². The Morgan fingerprint density at radius 1 is 1.04 bits per heavy atom. The van der Waals surface area contributed by atoms with E-state index in [4.69, 9.17) is 4.74 Å². The molecule has 0 spiro atoms. The lowest BCUT2D eigenvalue weighted by Gasteiger charge is -2.35. The van der Waals surface area contributed by atoms with Gasteiger partial charge in [0.1, 0.15) is 17.4 Å². The van der Waals surface area contributed by atoms with E-state index < -0.39 is 0 Å². The lowest BCUT2D eigenvalue weighted by Crippen LogP contribution is -2.50. The minimum Gasteiger partial charge on any atom is -0.484 e. The fourth-order valence-corrected chi connectivity index (χ4v) is 3.33. The van der Waals surface area contributed by atoms with E-state index in [9.17, 15) is 4.79 Å². The Kier molecular flexibility index (Phi) is 5.87. The van der Waals surface area contributed by atoms with Crippen LogP contribution in [0.3, 0.4) is 0 Å². The van der Waals surface area contributed by atoms with Gasteiger partial charge in [0.15, 0.2) is 6.61 Å². The van der Waals surface area contributed by atoms with Crippen molar-refractivity contribution in [2.45, 2.75) is 40.0 Å². The summed E-state index contributed by atoms with van der Waals surface area (Å²) in [6.07, 6.45) is 0. The molecule has 3 rings (SSSR count). The van der Waals surface area contributed by atoms with Crippen LogP contribution in [0, 0.1) is 13.8 Å². The quantitative estimate of drug-likeness (QED) is 0.813. The second-order valence-electron chi connectivity index (χ2n) is 8.35. The van der Waals surface area contributed by atoms with Crippen molar-refractivity contribution in [1.82, 2.24) is 14.9 Å². The van der Waals surface area contributed by atoms with Gasteiger partial charge in [-0.05, 0) is 37.0 Å². The third kappa shape index (κ3) is 5.00. The number of nitrogens with zero attached hydrogens (tertiary/aromatic N) is 4. The maximum atomic E-state index is 12.5. The minimum absolute atomic E-state index is 0.0228. The fraction of sp³-hybridized carbons (Fsp3) is 0.500. The van der Waals surface area contributed by atoms with Gasteiger partial charge in [-0.25, -0.2) is 9.97 Å². The summed E-state index contributed by atoms with van der Waals surface area (Å²) in [6.45, 7) is 13.4. The highest BCUT2D eigenvalue weighted by Gasteiger charge is 2.22. The Balaban J connectivity index is 1.50. The monoisotopic (exact) mass is 382 g/mol. The summed E-state index contributed by atoms with van der Waals surface area (Å²) in [5, 5.41) is 0. The van der Waals surface area contributed by atoms with Gasteiger partial charge >= 0.3 is 0 Å². The number of rotatable bonds is 4. The van der Waals surface area contributed by atoms with Gasteiger partial charge in [-0.2, -0.15) is 0 Å². The zero-order valence-corrected chi connectivity index (χ0v) is 17.5. The number of benzene rings is 1. The number of anilines is 1. The third-order valence-corrected chi connectivity index (χ3v) is 4.99. The lowest BCUT2D eigenvalue weighted by molar-refractivity contribution is -0.133. The van der Waals surface area contributed by atoms with Crippen molar-refractivity contribution in [3.8, 4) is 5.75 Å². The molecule has 1 aliphatic rings. The second kappa shape index (κ2) is 8.17. The first kappa shape index (κ1) is 20.1. The van der Waals surface area contributed by atoms with Crippen LogP contribution in [0.15, 0.2) is 30.3 Å². The van der Waals surface area contributed by atoms with Gasteiger partial charge in [0.2, 0.25) is 0 Å². The molecule has 0 radical (unpaired) electrons. The van der Waals surface area contributed by atoms with Crippen LogP contribution >= 0.6 is 0 Å². The number of aromatic nitrogens is 2. The van der Waals surface area contributed by atoms with Crippen molar-refractivity contribution in [1.29, 1.82) is 0 Å². The standard InChI is InChI=1S/C22H30N4O2/c1-16-14-20(24-17(2)23-16)25-10-12-26(13-11-25)21(27)15-28-19-8-6-18(7-9-19)22(3,4)5/h6-9,14H,10-13,15H2,1-5H3. The lowest BCUT2D eigenvalue weighted by atomic mass is 9.87. The largest absolute Gasteiger partial charge is 0.484 e. The number of carbonyl (C=O) groups excluding carboxylic acids is 1. The number of amides is 1. The molecule has 2 aromatic rings. The maximum Gasteiger partial charge on any atom is 0.260 e. The minimum atomic E-state index is 0.0228. The van der Waals surface area contributed by atoms with E-state index in [1.807, 2.05) is 36.9 Å². The number of aryl methyl sites for hydroxylation is 2. The summed E-state index contributed by atoms with van der Waals surface area (Å²) < 4.78 is 5.71. The van der Waals surface area contributed by atoms with Crippen LogP contribution in [-0.2, 0) is 10.2 Å². The molecule has 0 bridgehead atoms. The molecule has 6 heteroatoms. The summed E-state index contributed by atoms with van der Waals surface area (Å²) >= 11 is 0. The van der Waals surface area contributed by atoms with Gasteiger partial charge < -0.3 is 14.5 Å². The summed E-state index contributed by atoms with van der Waals surface area (Å²) in [6, 6.07) is 9.99. The first-order valence-electron chi connectivity index (χ1n) is 9.81. The first-order valence-corrected chi connectivity index (χ1v) is 9.81. The topological polar surface area (TPSA) is 58.6 Å². The average Bonchev–Trinajstić information content (AvgIpc) is 2.65. The molecular weight excluding hydrogens is 352 g/mol. The van der Waals surface area contributed by atoms with Crippen LogP contribution < -0.4 is 9.64 Å². The third-order valence-electron chi connectivity index (χ3n) is 4.99. The predicted octanol–water partition coefficient (Wildman–Crippen LogP) is 3.12. The highest BCUT2D eigenvalue weighted by molar-refractivity contribution is 5.78. The van der Waals surface area contributed by atoms with Crippen molar-refractivity contribution in [2.75, 3.05) is 37.7 Å². The van der Waals surface area contributed by atoms with Crippen molar-refractivity contribution < 1.29 is 9.53 Å². The number of carbonyl (C=O) groups is 1. The number of ether oxygens (including phenoxy) is 1. The fourth-order valence-electron chi connectivity index (χ4n) is 3.33. The molecule has 1 amide bonds. The molecule has 1 saturated heterocycles. The molecule has 0 saturated carbocycles. The van der Waals surface area contributed by atoms with E-state index in [1.54, 1.807) is 0 Å². The van der Waals surface area contributed by atoms with Crippen molar-refractivity contribution >= 4 is 11.7 Å². The molecule has 1 aliphatic heterocycles. The SMILES string of the molecule is Cc1cc(N2CCN(C(=O)COc3ccc(C(C)(C)C)cc3)CC2)nc(C)n1. The average molecular weight is 383 g/mol. The molecule has 0 atom stereocenters. The summed E-state index contributed by atoms with van der Waals surface area (Å²) in [4.78, 5) is 25.4. The highest BCUT2D eigenvalue weighted by atomic mass is 16.5. The Labute approximate surface area is 167 Å². The molecule has 28 heavy (non-hydrogen) atoms. The molecule has 150 valence electrons. The molecule has 0 unspecified atom stereocenters. The molecule has 0 aliphatic carbocycles. The number of hydrogen-bond donors (Lipinski definition) is 0. The van der Waals surface area contributed by atoms with Crippen molar-refractivity contribution in [3.63, 3.8) is 0 Å². The second-order valence-corrected chi connectivity index (χ2v) is 8.35. The van der Waals surface area contributed by atoms with Gasteiger partial charge in [0.25, 0.3) is 5.91 Å². The van der Waals surface area contributed by atoms with Gasteiger partial charge in [-0.1, -0.05) is 32.9 Å². The molecule has 0 N–H and O–H groups in total. The molecule has 1 aromatic carbocycles. The van der Waals surface area contributed by atoms with E-state index in [0.29, 0.717) is 13.1 Å². The van der Waals surface area contributed by atoms with Crippen LogP contribution in [0.1, 0.15) is 37.9 Å². The summed E-state index contributed by atoms with van der Waals surface area (Å²) in [7, 11) is 0. The Bertz CT molecular complexity index is 799. The van der Waals surface area contributed by atoms with E-state index in [0.717, 1.165) is 36.2 Å². The normalized spacial score (nSPS) is 14.9. The van der Waals surface area contributed by atoms with E-state index >= 15 is 0 Å². The molecule has 1 fully saturated rings. The molecule has 6 nitrogen and oxygen atoms in total. The number of hydrogen-bond acceptors (Lipinski definition) is 5. The Morgan fingerprint density at radius 3 is 2.25 bits per heavy atom. The predicted molar refractivity (Wildman–Crippen MR) is 111 cm³/mol. The molecular formula is C22H30N4O2. The highest BCUT2D eigenvalue weighted by Crippen LogP contribution is 2.24. The summed E-state index contributed by atoms with van der Waals surface area (Å²) in [5.41, 5.74) is 2.32. The summed E-state index contributed by atoms with van der Waals surface area (Å²) in [5.74, 6) is 2.47. The first-order chi connectivity index (χ1) is 13.2. The van der Waals surface area contributed by atoms with Crippen LogP contribution in [0.5, 0.6) is 5.75 Å². The zero-order valence-electron chi connectivity index (χ0n) is 17.5. The number of piperazine rings is 1. The van der Waals surface area contributed by atoms with Crippen LogP contribution in [0.4, 0.5) is 5.82 Å². The van der Waals surface area contributed by atoms with Crippen LogP contribution in [0.25, 0.3) is 0 Å². The smallest absolute Gasteiger partial charge is 0.260 e. The van der Waals surface area contributed by atoms with Gasteiger partial charge in [0.05, 0.1) is 0 Å². The van der Waals surface area contributed by atoms with E-state index in [-0.39, 0.29) is 17.9 Å². The maximum absolute atomic E-state index is 12.5. The van der Waals surface area contributed by atoms with Gasteiger partial charge in [0, 0.05) is 37.9 Å².